The topological polar surface area (TPSA) is 49.9 Å². The molecular formula is C14H14N2O3. The summed E-state index contributed by atoms with van der Waals surface area (Å²) in [6.07, 6.45) is 0. The number of nitrogens with zero attached hydrogens (tertiary/aromatic N) is 2. The third-order valence-electron chi connectivity index (χ3n) is 2.70. The Labute approximate surface area is 111 Å². The number of hydrogen-bond donors (Lipinski definition) is 0. The van der Waals surface area contributed by atoms with Crippen LogP contribution in [0.15, 0.2) is 18.2 Å². The number of rotatable bonds is 1. The lowest BCUT2D eigenvalue weighted by Crippen LogP contribution is -2.35. The third-order valence-corrected chi connectivity index (χ3v) is 2.70. The Morgan fingerprint density at radius 2 is 2.16 bits per heavy atom. The van der Waals surface area contributed by atoms with Crippen LogP contribution in [0.25, 0.3) is 0 Å². The Morgan fingerprint density at radius 3 is 2.84 bits per heavy atom. The first kappa shape index (κ1) is 13.0. The van der Waals surface area contributed by atoms with Gasteiger partial charge < -0.3 is 14.5 Å². The molecule has 0 spiro atoms. The molecule has 0 N–H and O–H groups in total. The number of Topliss-reactive ketones (excluding diaryl/α,β-unsaturated/α-hetero) is 1. The van der Waals surface area contributed by atoms with Crippen LogP contribution in [0.2, 0.25) is 0 Å². The molecule has 0 fully saturated rings. The lowest BCUT2D eigenvalue weighted by Gasteiger charge is -2.26. The maximum absolute atomic E-state index is 11.9. The molecule has 2 rings (SSSR count). The fraction of sp³-hybridized carbons (Fsp3) is 0.286. The van der Waals surface area contributed by atoms with Gasteiger partial charge in [0.2, 0.25) is 5.78 Å². The predicted octanol–water partition coefficient (Wildman–Crippen LogP) is 0.747. The van der Waals surface area contributed by atoms with Crippen molar-refractivity contribution in [2.24, 2.45) is 0 Å². The molecule has 5 nitrogen and oxygen atoms in total. The monoisotopic (exact) mass is 258 g/mol. The minimum Gasteiger partial charge on any atom is -0.482 e. The van der Waals surface area contributed by atoms with Crippen LogP contribution < -0.4 is 9.64 Å². The van der Waals surface area contributed by atoms with Gasteiger partial charge in [-0.2, -0.15) is 0 Å². The van der Waals surface area contributed by atoms with E-state index in [0.29, 0.717) is 17.0 Å². The SMILES string of the molecule is CN(C)C#CC(=O)c1ccc2c(c1)N(C)C(=O)CO2. The van der Waals surface area contributed by atoms with E-state index in [1.54, 1.807) is 44.2 Å². The molecule has 19 heavy (non-hydrogen) atoms. The number of ether oxygens (including phenoxy) is 1. The summed E-state index contributed by atoms with van der Waals surface area (Å²) < 4.78 is 5.29. The van der Waals surface area contributed by atoms with Crippen molar-refractivity contribution in [1.29, 1.82) is 0 Å². The number of fused-ring (bicyclic) bond motifs is 1. The Morgan fingerprint density at radius 1 is 1.42 bits per heavy atom. The zero-order valence-corrected chi connectivity index (χ0v) is 11.1. The number of anilines is 1. The summed E-state index contributed by atoms with van der Waals surface area (Å²) in [4.78, 5) is 26.5. The summed E-state index contributed by atoms with van der Waals surface area (Å²) in [5, 5.41) is 0. The van der Waals surface area contributed by atoms with E-state index in [0.717, 1.165) is 0 Å². The van der Waals surface area contributed by atoms with Gasteiger partial charge in [0, 0.05) is 32.8 Å². The lowest BCUT2D eigenvalue weighted by atomic mass is 10.1. The second-order valence-electron chi connectivity index (χ2n) is 4.38. The van der Waals surface area contributed by atoms with E-state index in [2.05, 4.69) is 12.0 Å². The zero-order valence-electron chi connectivity index (χ0n) is 11.1. The molecule has 5 heteroatoms. The average Bonchev–Trinajstić information content (AvgIpc) is 2.40. The molecule has 0 radical (unpaired) electrons. The van der Waals surface area contributed by atoms with Crippen LogP contribution in [0.1, 0.15) is 10.4 Å². The van der Waals surface area contributed by atoms with Gasteiger partial charge in [0.05, 0.1) is 5.69 Å². The van der Waals surface area contributed by atoms with Crippen molar-refractivity contribution in [2.75, 3.05) is 32.6 Å². The van der Waals surface area contributed by atoms with Gasteiger partial charge in [0.25, 0.3) is 5.91 Å². The van der Waals surface area contributed by atoms with Crippen LogP contribution in [-0.2, 0) is 4.79 Å². The highest BCUT2D eigenvalue weighted by Crippen LogP contribution is 2.31. The van der Waals surface area contributed by atoms with Gasteiger partial charge in [-0.15, -0.1) is 0 Å². The van der Waals surface area contributed by atoms with Crippen LogP contribution in [0.4, 0.5) is 5.69 Å². The number of ketones is 1. The Balaban J connectivity index is 2.34. The van der Waals surface area contributed by atoms with Crippen molar-refractivity contribution in [3.05, 3.63) is 23.8 Å². The van der Waals surface area contributed by atoms with E-state index in [1.165, 1.54) is 4.90 Å². The van der Waals surface area contributed by atoms with Crippen LogP contribution in [0.3, 0.4) is 0 Å². The van der Waals surface area contributed by atoms with Crippen LogP contribution in [0, 0.1) is 12.0 Å². The van der Waals surface area contributed by atoms with Gasteiger partial charge in [0.1, 0.15) is 5.75 Å². The van der Waals surface area contributed by atoms with Crippen LogP contribution in [-0.4, -0.2) is 44.3 Å². The highest BCUT2D eigenvalue weighted by Gasteiger charge is 2.23. The first-order valence-corrected chi connectivity index (χ1v) is 5.76. The van der Waals surface area contributed by atoms with Crippen molar-refractivity contribution in [2.45, 2.75) is 0 Å². The average molecular weight is 258 g/mol. The second kappa shape index (κ2) is 5.02. The molecule has 1 amide bonds. The molecule has 98 valence electrons. The molecular weight excluding hydrogens is 244 g/mol. The largest absolute Gasteiger partial charge is 0.482 e. The van der Waals surface area contributed by atoms with E-state index in [1.807, 2.05) is 0 Å². The molecule has 1 aromatic rings. The zero-order chi connectivity index (χ0) is 14.0. The van der Waals surface area contributed by atoms with Crippen molar-refractivity contribution < 1.29 is 14.3 Å². The molecule has 1 aliphatic heterocycles. The fourth-order valence-electron chi connectivity index (χ4n) is 1.65. The highest BCUT2D eigenvalue weighted by molar-refractivity contribution is 6.10. The quantitative estimate of drug-likeness (QED) is 0.424. The lowest BCUT2D eigenvalue weighted by molar-refractivity contribution is -0.120. The van der Waals surface area contributed by atoms with Gasteiger partial charge in [-0.05, 0) is 24.1 Å². The minimum atomic E-state index is -0.289. The van der Waals surface area contributed by atoms with E-state index in [4.69, 9.17) is 4.74 Å². The summed E-state index contributed by atoms with van der Waals surface area (Å²) in [5.74, 6) is 2.69. The fourth-order valence-corrected chi connectivity index (χ4v) is 1.65. The number of benzene rings is 1. The van der Waals surface area contributed by atoms with Gasteiger partial charge in [0.15, 0.2) is 6.61 Å². The summed E-state index contributed by atoms with van der Waals surface area (Å²) in [7, 11) is 5.17. The molecule has 0 atom stereocenters. The molecule has 0 saturated heterocycles. The molecule has 0 aliphatic carbocycles. The Hall–Kier alpha value is -2.48. The molecule has 0 unspecified atom stereocenters. The number of carbonyl (C=O) groups excluding carboxylic acids is 2. The van der Waals surface area contributed by atoms with E-state index >= 15 is 0 Å². The van der Waals surface area contributed by atoms with Gasteiger partial charge in [-0.1, -0.05) is 0 Å². The molecule has 1 aliphatic rings. The van der Waals surface area contributed by atoms with Gasteiger partial charge in [-0.3, -0.25) is 9.59 Å². The number of likely N-dealkylation sites (N-methyl/N-ethyl adjacent to an activating group) is 1. The molecule has 0 aromatic heterocycles. The standard InChI is InChI=1S/C14H14N2O3/c1-15(2)7-6-12(17)10-4-5-13-11(8-10)16(3)14(18)9-19-13/h4-5,8H,9H2,1-3H3. The van der Waals surface area contributed by atoms with Crippen molar-refractivity contribution in [1.82, 2.24) is 4.90 Å². The van der Waals surface area contributed by atoms with Crippen molar-refractivity contribution >= 4 is 17.4 Å². The summed E-state index contributed by atoms with van der Waals surface area (Å²) in [6, 6.07) is 7.62. The highest BCUT2D eigenvalue weighted by atomic mass is 16.5. The third kappa shape index (κ3) is 2.68. The number of hydrogen-bond acceptors (Lipinski definition) is 4. The molecule has 1 aromatic carbocycles. The smallest absolute Gasteiger partial charge is 0.264 e. The maximum Gasteiger partial charge on any atom is 0.264 e. The number of carbonyl (C=O) groups is 2. The molecule has 0 saturated carbocycles. The molecule has 0 bridgehead atoms. The first-order chi connectivity index (χ1) is 8.99. The summed E-state index contributed by atoms with van der Waals surface area (Å²) in [5.41, 5.74) is 1.03. The van der Waals surface area contributed by atoms with Crippen LogP contribution >= 0.6 is 0 Å². The van der Waals surface area contributed by atoms with Crippen molar-refractivity contribution in [3.63, 3.8) is 0 Å². The molecule has 1 heterocycles. The van der Waals surface area contributed by atoms with E-state index < -0.39 is 0 Å². The Bertz CT molecular complexity index is 596. The summed E-state index contributed by atoms with van der Waals surface area (Å²) in [6.45, 7) is 0.0250. The maximum atomic E-state index is 11.9. The second-order valence-corrected chi connectivity index (χ2v) is 4.38. The van der Waals surface area contributed by atoms with Crippen molar-refractivity contribution in [3.8, 4) is 17.7 Å². The van der Waals surface area contributed by atoms with E-state index in [9.17, 15) is 9.59 Å². The normalized spacial score (nSPS) is 13.0. The Kier molecular flexibility index (Phi) is 3.43. The first-order valence-electron chi connectivity index (χ1n) is 5.76. The van der Waals surface area contributed by atoms with Crippen LogP contribution in [0.5, 0.6) is 5.75 Å². The van der Waals surface area contributed by atoms with E-state index in [-0.39, 0.29) is 18.3 Å². The summed E-state index contributed by atoms with van der Waals surface area (Å²) >= 11 is 0. The van der Waals surface area contributed by atoms with Gasteiger partial charge in [-0.25, -0.2) is 0 Å². The predicted molar refractivity (Wildman–Crippen MR) is 71.1 cm³/mol. The minimum absolute atomic E-state index is 0.0250. The van der Waals surface area contributed by atoms with Gasteiger partial charge >= 0.3 is 0 Å². The number of amides is 1.